The summed E-state index contributed by atoms with van der Waals surface area (Å²) in [7, 11) is 0. The molecule has 17 heavy (non-hydrogen) atoms. The maximum absolute atomic E-state index is 3.69. The number of allylic oxidation sites excluding steroid dienone is 1. The molecule has 1 rings (SSSR count). The second-order valence-corrected chi connectivity index (χ2v) is 4.42. The van der Waals surface area contributed by atoms with Gasteiger partial charge >= 0.3 is 0 Å². The van der Waals surface area contributed by atoms with Crippen LogP contribution in [0.1, 0.15) is 56.7 Å². The molecule has 0 aliphatic heterocycles. The van der Waals surface area contributed by atoms with Crippen LogP contribution in [0.4, 0.5) is 0 Å². The Morgan fingerprint density at radius 3 is 2.41 bits per heavy atom. The van der Waals surface area contributed by atoms with Crippen LogP contribution in [0.3, 0.4) is 0 Å². The minimum atomic E-state index is 0.555. The third kappa shape index (κ3) is 5.06. The lowest BCUT2D eigenvalue weighted by Crippen LogP contribution is -1.97. The van der Waals surface area contributed by atoms with E-state index in [2.05, 4.69) is 58.2 Å². The van der Waals surface area contributed by atoms with Crippen LogP contribution in [0.5, 0.6) is 0 Å². The highest BCUT2D eigenvalue weighted by atomic mass is 14.1. The number of rotatable bonds is 3. The summed E-state index contributed by atoms with van der Waals surface area (Å²) in [5, 5.41) is 0. The van der Waals surface area contributed by atoms with E-state index in [4.69, 9.17) is 0 Å². The van der Waals surface area contributed by atoms with E-state index in [-0.39, 0.29) is 0 Å². The third-order valence-electron chi connectivity index (χ3n) is 2.88. The van der Waals surface area contributed by atoms with E-state index < -0.39 is 0 Å². The molecule has 1 atom stereocenters. The Labute approximate surface area is 107 Å². The molecule has 0 bridgehead atoms. The molecule has 0 spiro atoms. The van der Waals surface area contributed by atoms with Crippen molar-refractivity contribution in [2.45, 2.75) is 53.9 Å². The maximum Gasteiger partial charge on any atom is -0.0144 e. The molecule has 0 nitrogen and oxygen atoms in total. The van der Waals surface area contributed by atoms with Crippen LogP contribution in [0.15, 0.2) is 36.1 Å². The molecule has 0 N–H and O–H groups in total. The molecular weight excluding hydrogens is 204 g/mol. The van der Waals surface area contributed by atoms with Gasteiger partial charge in [-0.05, 0) is 49.8 Å². The molecule has 0 aromatic heterocycles. The predicted octanol–water partition coefficient (Wildman–Crippen LogP) is 5.55. The van der Waals surface area contributed by atoms with Crippen molar-refractivity contribution < 1.29 is 0 Å². The van der Waals surface area contributed by atoms with Gasteiger partial charge in [-0.2, -0.15) is 0 Å². The maximum atomic E-state index is 3.69. The van der Waals surface area contributed by atoms with E-state index in [9.17, 15) is 0 Å². The highest BCUT2D eigenvalue weighted by Gasteiger charge is 2.08. The number of aryl methyl sites for hydroxylation is 2. The van der Waals surface area contributed by atoms with E-state index in [1.54, 1.807) is 0 Å². The van der Waals surface area contributed by atoms with Crippen molar-refractivity contribution in [3.63, 3.8) is 0 Å². The number of benzene rings is 1. The van der Waals surface area contributed by atoms with Gasteiger partial charge in [0.2, 0.25) is 0 Å². The zero-order chi connectivity index (χ0) is 13.4. The molecular formula is C17H26. The number of hydrogen-bond donors (Lipinski definition) is 0. The topological polar surface area (TPSA) is 0 Å². The molecule has 0 amide bonds. The summed E-state index contributed by atoms with van der Waals surface area (Å²) in [4.78, 5) is 0. The highest BCUT2D eigenvalue weighted by molar-refractivity contribution is 5.33. The number of hydrogen-bond acceptors (Lipinski definition) is 0. The molecule has 0 heterocycles. The van der Waals surface area contributed by atoms with Gasteiger partial charge in [0.15, 0.2) is 0 Å². The largest absolute Gasteiger partial charge is 0.130 e. The summed E-state index contributed by atoms with van der Waals surface area (Å²) in [6.45, 7) is 16.4. The van der Waals surface area contributed by atoms with Crippen LogP contribution < -0.4 is 0 Å². The lowest BCUT2D eigenvalue weighted by Gasteiger charge is -2.15. The first kappa shape index (κ1) is 15.7. The summed E-state index contributed by atoms with van der Waals surface area (Å²) in [6.07, 6.45) is 1.05. The summed E-state index contributed by atoms with van der Waals surface area (Å²) >= 11 is 0. The van der Waals surface area contributed by atoms with Crippen molar-refractivity contribution >= 4 is 0 Å². The average Bonchev–Trinajstić information content (AvgIpc) is 2.34. The lowest BCUT2D eigenvalue weighted by atomic mass is 9.90. The van der Waals surface area contributed by atoms with Gasteiger partial charge in [0.05, 0.1) is 0 Å². The fourth-order valence-corrected chi connectivity index (χ4v) is 1.93. The van der Waals surface area contributed by atoms with E-state index >= 15 is 0 Å². The van der Waals surface area contributed by atoms with Crippen molar-refractivity contribution in [3.05, 3.63) is 52.8 Å². The fraction of sp³-hybridized carbons (Fsp3) is 0.471. The Morgan fingerprint density at radius 1 is 1.29 bits per heavy atom. The molecule has 1 aromatic rings. The summed E-state index contributed by atoms with van der Waals surface area (Å²) in [6, 6.07) is 6.66. The van der Waals surface area contributed by atoms with Crippen molar-refractivity contribution in [1.29, 1.82) is 0 Å². The standard InChI is InChI=1S/C15H20.C2H6/c1-6-11(2)9-14(5)15-10-12(3)7-8-13(15)4;1-2/h7-8,10,14H,1,9H2,2-5H3;1-2H3. The summed E-state index contributed by atoms with van der Waals surface area (Å²) in [5.74, 6) is 0.555. The van der Waals surface area contributed by atoms with Crippen molar-refractivity contribution in [1.82, 2.24) is 0 Å². The quantitative estimate of drug-likeness (QED) is 0.597. The van der Waals surface area contributed by atoms with E-state index in [0.29, 0.717) is 5.92 Å². The summed E-state index contributed by atoms with van der Waals surface area (Å²) < 4.78 is 0. The van der Waals surface area contributed by atoms with Crippen molar-refractivity contribution in [2.75, 3.05) is 0 Å². The Morgan fingerprint density at radius 2 is 1.88 bits per heavy atom. The van der Waals surface area contributed by atoms with Gasteiger partial charge < -0.3 is 0 Å². The Bertz CT molecular complexity index is 392. The predicted molar refractivity (Wildman–Crippen MR) is 78.6 cm³/mol. The van der Waals surface area contributed by atoms with Gasteiger partial charge in [0.25, 0.3) is 0 Å². The van der Waals surface area contributed by atoms with Crippen LogP contribution in [-0.2, 0) is 0 Å². The highest BCUT2D eigenvalue weighted by Crippen LogP contribution is 2.26. The smallest absolute Gasteiger partial charge is 0.0144 e. The normalized spacial score (nSPS) is 10.9. The Balaban J connectivity index is 0.00000121. The lowest BCUT2D eigenvalue weighted by molar-refractivity contribution is 0.746. The second kappa shape index (κ2) is 7.92. The SMILES string of the molecule is C=C=C(C)CC(C)c1cc(C)ccc1C.CC. The van der Waals surface area contributed by atoms with Crippen LogP contribution in [0, 0.1) is 13.8 Å². The minimum Gasteiger partial charge on any atom is -0.130 e. The molecule has 0 aliphatic rings. The zero-order valence-corrected chi connectivity index (χ0v) is 12.2. The molecule has 0 heteroatoms. The first-order valence-electron chi connectivity index (χ1n) is 6.47. The molecule has 0 radical (unpaired) electrons. The average molecular weight is 230 g/mol. The zero-order valence-electron chi connectivity index (χ0n) is 12.2. The van der Waals surface area contributed by atoms with Gasteiger partial charge in [0.1, 0.15) is 0 Å². The Kier molecular flexibility index (Phi) is 7.34. The Hall–Kier alpha value is -1.26. The van der Waals surface area contributed by atoms with Crippen LogP contribution in [0.25, 0.3) is 0 Å². The van der Waals surface area contributed by atoms with Gasteiger partial charge in [-0.15, -0.1) is 5.73 Å². The van der Waals surface area contributed by atoms with Crippen LogP contribution in [0.2, 0.25) is 0 Å². The molecule has 0 saturated carbocycles. The van der Waals surface area contributed by atoms with Crippen molar-refractivity contribution in [3.8, 4) is 0 Å². The molecule has 1 unspecified atom stereocenters. The molecule has 94 valence electrons. The first-order valence-corrected chi connectivity index (χ1v) is 6.47. The van der Waals surface area contributed by atoms with E-state index in [0.717, 1.165) is 6.42 Å². The monoisotopic (exact) mass is 230 g/mol. The first-order chi connectivity index (χ1) is 8.04. The van der Waals surface area contributed by atoms with Crippen molar-refractivity contribution in [2.24, 2.45) is 0 Å². The molecule has 0 aliphatic carbocycles. The van der Waals surface area contributed by atoms with Crippen LogP contribution >= 0.6 is 0 Å². The second-order valence-electron chi connectivity index (χ2n) is 4.42. The molecule has 1 aromatic carbocycles. The van der Waals surface area contributed by atoms with Gasteiger partial charge in [0, 0.05) is 0 Å². The minimum absolute atomic E-state index is 0.555. The summed E-state index contributed by atoms with van der Waals surface area (Å²) in [5.41, 5.74) is 8.37. The van der Waals surface area contributed by atoms with E-state index in [1.807, 2.05) is 13.8 Å². The van der Waals surface area contributed by atoms with Gasteiger partial charge in [-0.3, -0.25) is 0 Å². The molecule has 0 saturated heterocycles. The van der Waals surface area contributed by atoms with Gasteiger partial charge in [-0.25, -0.2) is 0 Å². The molecule has 0 fully saturated rings. The fourth-order valence-electron chi connectivity index (χ4n) is 1.93. The van der Waals surface area contributed by atoms with Gasteiger partial charge in [-0.1, -0.05) is 51.1 Å². The van der Waals surface area contributed by atoms with E-state index in [1.165, 1.54) is 22.3 Å². The van der Waals surface area contributed by atoms with Crippen LogP contribution in [-0.4, -0.2) is 0 Å². The third-order valence-corrected chi connectivity index (χ3v) is 2.88.